The highest BCUT2D eigenvalue weighted by molar-refractivity contribution is 7.15. The zero-order valence-electron chi connectivity index (χ0n) is 34.3. The van der Waals surface area contributed by atoms with Crippen molar-refractivity contribution < 1.29 is 19.2 Å². The molecule has 2 aromatic heterocycles. The highest BCUT2D eigenvalue weighted by atomic mass is 32.1. The summed E-state index contributed by atoms with van der Waals surface area (Å²) in [5.74, 6) is -0.215. The molecule has 12 heteroatoms. The fraction of sp³-hybridized carbons (Fsp3) is 0.320. The Bertz CT molecular complexity index is 2390. The van der Waals surface area contributed by atoms with Crippen molar-refractivity contribution in [3.05, 3.63) is 143 Å². The Kier molecular flexibility index (Phi) is 11.3. The number of benzene rings is 4. The van der Waals surface area contributed by atoms with Crippen LogP contribution in [0, 0.1) is 11.8 Å². The highest BCUT2D eigenvalue weighted by Crippen LogP contribution is 2.42. The van der Waals surface area contributed by atoms with E-state index < -0.39 is 12.1 Å². The predicted octanol–water partition coefficient (Wildman–Crippen LogP) is 9.46. The van der Waals surface area contributed by atoms with E-state index in [9.17, 15) is 19.2 Å². The summed E-state index contributed by atoms with van der Waals surface area (Å²) in [5.41, 5.74) is 5.95. The van der Waals surface area contributed by atoms with Gasteiger partial charge in [0.05, 0.1) is 21.8 Å². The van der Waals surface area contributed by atoms with E-state index >= 15 is 0 Å². The first-order valence-corrected chi connectivity index (χ1v) is 23.5. The summed E-state index contributed by atoms with van der Waals surface area (Å²) in [7, 11) is 0. The molecule has 4 fully saturated rings. The molecule has 10 nitrogen and oxygen atoms in total. The molecular formula is C50H48N6O4S2. The molecule has 4 aliphatic rings. The Morgan fingerprint density at radius 1 is 0.500 bits per heavy atom. The summed E-state index contributed by atoms with van der Waals surface area (Å²) >= 11 is 3.25. The van der Waals surface area contributed by atoms with Crippen LogP contribution in [0.5, 0.6) is 0 Å². The third kappa shape index (κ3) is 8.45. The smallest absolute Gasteiger partial charge is 0.250 e. The molecule has 4 aromatic carbocycles. The minimum atomic E-state index is -0.711. The summed E-state index contributed by atoms with van der Waals surface area (Å²) in [6, 6.07) is 34.5. The summed E-state index contributed by atoms with van der Waals surface area (Å²) in [6.07, 6.45) is 10.8. The molecule has 0 spiro atoms. The van der Waals surface area contributed by atoms with Crippen LogP contribution in [-0.2, 0) is 19.2 Å². The standard InChI is InChI=1S/C50H48N6O4S2/c57-45(37-23-24-37)53-43(35-9-3-1-4-10-35)49(59)55-27-7-13-39(55)47-51-29-41(61-47)33-19-15-31(16-20-33)32-17-21-34(22-18-32)42-30-52-48(62-42)40-14-8-28-56(40)50(60)44(36-11-5-2-6-12-36)54-46(58)38-25-26-38/h1-6,9-12,15-22,29-30,37-40,43-44H,7-8,13-14,23-28H2,(H,53,57)(H,54,58)/t39-,40-,43-,44-/m1/s1. The van der Waals surface area contributed by atoms with Gasteiger partial charge in [-0.05, 0) is 84.7 Å². The van der Waals surface area contributed by atoms with Crippen molar-refractivity contribution in [3.8, 4) is 32.0 Å². The molecule has 4 heterocycles. The normalized spacial score (nSPS) is 19.5. The zero-order valence-corrected chi connectivity index (χ0v) is 36.0. The Morgan fingerprint density at radius 2 is 0.871 bits per heavy atom. The summed E-state index contributed by atoms with van der Waals surface area (Å²) in [4.78, 5) is 69.5. The van der Waals surface area contributed by atoms with E-state index in [2.05, 4.69) is 59.2 Å². The van der Waals surface area contributed by atoms with E-state index in [0.717, 1.165) is 105 Å². The number of carbonyl (C=O) groups excluding carboxylic acids is 4. The SMILES string of the molecule is O=C(N[C@@H](C(=O)N1CCC[C@@H]1c1ncc(-c2ccc(-c3ccc(-c4cnc([C@H]5CCCN5C(=O)[C@H](NC(=O)C5CC5)c5ccccc5)s4)cc3)cc2)s1)c1ccccc1)C1CC1. The number of nitrogens with one attached hydrogen (secondary N) is 2. The van der Waals surface area contributed by atoms with Crippen LogP contribution in [0.25, 0.3) is 32.0 Å². The van der Waals surface area contributed by atoms with Gasteiger partial charge >= 0.3 is 0 Å². The van der Waals surface area contributed by atoms with Crippen molar-refractivity contribution in [1.29, 1.82) is 0 Å². The van der Waals surface area contributed by atoms with Gasteiger partial charge < -0.3 is 20.4 Å². The van der Waals surface area contributed by atoms with Crippen molar-refractivity contribution in [3.63, 3.8) is 0 Å². The maximum atomic E-state index is 14.1. The van der Waals surface area contributed by atoms with Crippen LogP contribution in [-0.4, -0.2) is 56.5 Å². The summed E-state index contributed by atoms with van der Waals surface area (Å²) in [6.45, 7) is 1.27. The lowest BCUT2D eigenvalue weighted by Crippen LogP contribution is -2.43. The van der Waals surface area contributed by atoms with Gasteiger partial charge in [-0.2, -0.15) is 0 Å². The molecule has 6 aromatic rings. The number of thiazole rings is 2. The number of amides is 4. The first kappa shape index (κ1) is 40.1. The molecule has 0 unspecified atom stereocenters. The van der Waals surface area contributed by atoms with Crippen LogP contribution in [0.1, 0.15) is 96.7 Å². The third-order valence-electron chi connectivity index (χ3n) is 12.6. The molecule has 2 saturated heterocycles. The van der Waals surface area contributed by atoms with Gasteiger partial charge in [0.1, 0.15) is 22.1 Å². The van der Waals surface area contributed by atoms with Gasteiger partial charge in [-0.1, -0.05) is 109 Å². The average molecular weight is 861 g/mol. The van der Waals surface area contributed by atoms with Crippen LogP contribution in [0.4, 0.5) is 0 Å². The molecule has 2 aliphatic carbocycles. The van der Waals surface area contributed by atoms with E-state index in [1.165, 1.54) is 0 Å². The Labute approximate surface area is 369 Å². The number of nitrogens with zero attached hydrogens (tertiary/aromatic N) is 4. The molecule has 62 heavy (non-hydrogen) atoms. The van der Waals surface area contributed by atoms with Crippen molar-refractivity contribution in [2.75, 3.05) is 13.1 Å². The lowest BCUT2D eigenvalue weighted by Gasteiger charge is -2.28. The number of likely N-dealkylation sites (tertiary alicyclic amines) is 2. The van der Waals surface area contributed by atoms with Gasteiger partial charge in [0, 0.05) is 37.3 Å². The maximum absolute atomic E-state index is 14.1. The quantitative estimate of drug-likeness (QED) is 0.119. The second-order valence-electron chi connectivity index (χ2n) is 16.9. The summed E-state index contributed by atoms with van der Waals surface area (Å²) in [5, 5.41) is 7.96. The minimum absolute atomic E-state index is 0.0108. The molecule has 0 radical (unpaired) electrons. The fourth-order valence-electron chi connectivity index (χ4n) is 8.79. The van der Waals surface area contributed by atoms with E-state index in [-0.39, 0.29) is 47.5 Å². The van der Waals surface area contributed by atoms with Crippen LogP contribution in [0.3, 0.4) is 0 Å². The van der Waals surface area contributed by atoms with Crippen molar-refractivity contribution in [1.82, 2.24) is 30.4 Å². The fourth-order valence-corrected chi connectivity index (χ4v) is 10.9. The van der Waals surface area contributed by atoms with Gasteiger partial charge in [0.25, 0.3) is 0 Å². The number of rotatable bonds is 13. The number of carbonyl (C=O) groups is 4. The lowest BCUT2D eigenvalue weighted by molar-refractivity contribution is -0.138. The Balaban J connectivity index is 0.797. The Morgan fingerprint density at radius 3 is 1.24 bits per heavy atom. The molecule has 2 aliphatic heterocycles. The van der Waals surface area contributed by atoms with Crippen LogP contribution >= 0.6 is 22.7 Å². The minimum Gasteiger partial charge on any atom is -0.340 e. The van der Waals surface area contributed by atoms with Crippen LogP contribution in [0.15, 0.2) is 122 Å². The van der Waals surface area contributed by atoms with Crippen LogP contribution in [0.2, 0.25) is 0 Å². The zero-order chi connectivity index (χ0) is 42.2. The van der Waals surface area contributed by atoms with Crippen LogP contribution < -0.4 is 10.6 Å². The molecule has 2 N–H and O–H groups in total. The van der Waals surface area contributed by atoms with E-state index in [0.29, 0.717) is 13.1 Å². The second kappa shape index (κ2) is 17.4. The van der Waals surface area contributed by atoms with Crippen molar-refractivity contribution >= 4 is 46.3 Å². The molecule has 2 saturated carbocycles. The number of hydrogen-bond donors (Lipinski definition) is 2. The number of hydrogen-bond acceptors (Lipinski definition) is 8. The molecule has 10 rings (SSSR count). The van der Waals surface area contributed by atoms with Crippen molar-refractivity contribution in [2.24, 2.45) is 11.8 Å². The second-order valence-corrected chi connectivity index (χ2v) is 19.0. The van der Waals surface area contributed by atoms with Gasteiger partial charge in [-0.15, -0.1) is 22.7 Å². The molecule has 4 atom stereocenters. The maximum Gasteiger partial charge on any atom is 0.250 e. The highest BCUT2D eigenvalue weighted by Gasteiger charge is 2.41. The van der Waals surface area contributed by atoms with Gasteiger partial charge in [0.15, 0.2) is 0 Å². The first-order valence-electron chi connectivity index (χ1n) is 21.8. The predicted molar refractivity (Wildman–Crippen MR) is 242 cm³/mol. The average Bonchev–Trinajstić information content (AvgIpc) is 4.07. The van der Waals surface area contributed by atoms with Crippen molar-refractivity contribution in [2.45, 2.75) is 75.5 Å². The molecular weight excluding hydrogens is 813 g/mol. The molecule has 0 bridgehead atoms. The lowest BCUT2D eigenvalue weighted by atomic mass is 10.0. The molecule has 314 valence electrons. The van der Waals surface area contributed by atoms with E-state index in [1.54, 1.807) is 22.7 Å². The van der Waals surface area contributed by atoms with E-state index in [1.807, 2.05) is 82.9 Å². The Hall–Kier alpha value is -5.98. The number of aromatic nitrogens is 2. The van der Waals surface area contributed by atoms with E-state index in [4.69, 9.17) is 9.97 Å². The van der Waals surface area contributed by atoms with Gasteiger partial charge in [-0.3, -0.25) is 19.2 Å². The van der Waals surface area contributed by atoms with Gasteiger partial charge in [0.2, 0.25) is 23.6 Å². The topological polar surface area (TPSA) is 125 Å². The summed E-state index contributed by atoms with van der Waals surface area (Å²) < 4.78 is 0. The third-order valence-corrected chi connectivity index (χ3v) is 14.9. The molecule has 4 amide bonds. The largest absolute Gasteiger partial charge is 0.340 e. The first-order chi connectivity index (χ1) is 30.4. The monoisotopic (exact) mass is 860 g/mol. The van der Waals surface area contributed by atoms with Gasteiger partial charge in [-0.25, -0.2) is 9.97 Å².